The lowest BCUT2D eigenvalue weighted by Gasteiger charge is -2.25. The normalized spacial score (nSPS) is 20.4. The van der Waals surface area contributed by atoms with Gasteiger partial charge in [-0.1, -0.05) is 45.8 Å². The first kappa shape index (κ1) is 32.1. The fraction of sp³-hybridized carbons (Fsp3) is 0.500. The Morgan fingerprint density at radius 3 is 2.49 bits per heavy atom. The summed E-state index contributed by atoms with van der Waals surface area (Å²) in [6.07, 6.45) is 13.7. The van der Waals surface area contributed by atoms with Gasteiger partial charge in [0.25, 0.3) is 0 Å². The van der Waals surface area contributed by atoms with E-state index >= 15 is 0 Å². The summed E-state index contributed by atoms with van der Waals surface area (Å²) in [5.41, 5.74) is 2.48. The molecule has 0 aliphatic heterocycles. The summed E-state index contributed by atoms with van der Waals surface area (Å²) in [5, 5.41) is 5.65. The number of anilines is 1. The van der Waals surface area contributed by atoms with Crippen LogP contribution in [0.15, 0.2) is 58.8 Å². The van der Waals surface area contributed by atoms with E-state index in [-0.39, 0.29) is 11.9 Å². The van der Waals surface area contributed by atoms with Gasteiger partial charge in [-0.25, -0.2) is 4.39 Å². The van der Waals surface area contributed by atoms with Crippen LogP contribution in [0.2, 0.25) is 0 Å². The van der Waals surface area contributed by atoms with Crippen LogP contribution < -0.4 is 10.6 Å². The SMILES string of the molecule is C=Nc1ccc(F)cc1NC.CC.CC1CCCC(NC=O)C1.COC1=CC(OC)C=CC(C)=C1. The third-order valence-electron chi connectivity index (χ3n) is 5.39. The molecule has 196 valence electrons. The zero-order valence-corrected chi connectivity index (χ0v) is 22.4. The van der Waals surface area contributed by atoms with Crippen LogP contribution in [0.25, 0.3) is 0 Å². The largest absolute Gasteiger partial charge is 0.497 e. The molecule has 1 aromatic carbocycles. The van der Waals surface area contributed by atoms with Crippen LogP contribution in [0.3, 0.4) is 0 Å². The van der Waals surface area contributed by atoms with Gasteiger partial charge in [0.1, 0.15) is 11.6 Å². The van der Waals surface area contributed by atoms with Gasteiger partial charge in [0.15, 0.2) is 0 Å². The number of carbonyl (C=O) groups excluding carboxylic acids is 1. The monoisotopic (exact) mass is 489 g/mol. The molecule has 3 atom stereocenters. The summed E-state index contributed by atoms with van der Waals surface area (Å²) >= 11 is 0. The predicted molar refractivity (Wildman–Crippen MR) is 146 cm³/mol. The highest BCUT2D eigenvalue weighted by Crippen LogP contribution is 2.24. The molecule has 0 bridgehead atoms. The third kappa shape index (κ3) is 13.5. The van der Waals surface area contributed by atoms with Crippen molar-refractivity contribution in [3.63, 3.8) is 0 Å². The molecule has 1 saturated carbocycles. The second-order valence-electron chi connectivity index (χ2n) is 8.04. The molecule has 2 aliphatic carbocycles. The van der Waals surface area contributed by atoms with Gasteiger partial charge in [0.05, 0.1) is 24.6 Å². The Balaban J connectivity index is 0.000000480. The summed E-state index contributed by atoms with van der Waals surface area (Å²) in [5.74, 6) is 1.37. The number of hydrogen-bond donors (Lipinski definition) is 2. The Hall–Kier alpha value is -2.93. The number of ether oxygens (including phenoxy) is 2. The van der Waals surface area contributed by atoms with Crippen LogP contribution in [0.5, 0.6) is 0 Å². The summed E-state index contributed by atoms with van der Waals surface area (Å²) in [6.45, 7) is 11.6. The van der Waals surface area contributed by atoms with Crippen molar-refractivity contribution < 1.29 is 18.7 Å². The van der Waals surface area contributed by atoms with Crippen molar-refractivity contribution in [3.05, 3.63) is 59.7 Å². The number of aliphatic imine (C=N–C) groups is 1. The van der Waals surface area contributed by atoms with Crippen molar-refractivity contribution in [3.8, 4) is 0 Å². The van der Waals surface area contributed by atoms with E-state index in [0.717, 1.165) is 18.1 Å². The van der Waals surface area contributed by atoms with Gasteiger partial charge in [-0.05, 0) is 68.3 Å². The Labute approximate surface area is 211 Å². The number of nitrogens with one attached hydrogen (secondary N) is 2. The molecule has 6 nitrogen and oxygen atoms in total. The quantitative estimate of drug-likeness (QED) is 0.349. The van der Waals surface area contributed by atoms with Gasteiger partial charge >= 0.3 is 0 Å². The Kier molecular flexibility index (Phi) is 17.8. The first-order valence-electron chi connectivity index (χ1n) is 12.2. The average Bonchev–Trinajstić information content (AvgIpc) is 3.07. The van der Waals surface area contributed by atoms with E-state index in [2.05, 4.69) is 29.3 Å². The number of methoxy groups -OCH3 is 2. The second-order valence-corrected chi connectivity index (χ2v) is 8.04. The molecule has 1 amide bonds. The van der Waals surface area contributed by atoms with Crippen LogP contribution in [-0.2, 0) is 14.3 Å². The minimum Gasteiger partial charge on any atom is -0.497 e. The van der Waals surface area contributed by atoms with Crippen LogP contribution in [-0.4, -0.2) is 46.5 Å². The molecule has 1 fully saturated rings. The van der Waals surface area contributed by atoms with Crippen LogP contribution in [0.4, 0.5) is 15.8 Å². The molecule has 7 heteroatoms. The highest BCUT2D eigenvalue weighted by atomic mass is 19.1. The number of rotatable bonds is 6. The van der Waals surface area contributed by atoms with E-state index < -0.39 is 0 Å². The van der Waals surface area contributed by atoms with E-state index in [9.17, 15) is 9.18 Å². The fourth-order valence-electron chi connectivity index (χ4n) is 3.59. The molecule has 0 aromatic heterocycles. The molecular formula is C28H44FN3O3. The lowest BCUT2D eigenvalue weighted by atomic mass is 9.87. The molecule has 35 heavy (non-hydrogen) atoms. The third-order valence-corrected chi connectivity index (χ3v) is 5.39. The molecule has 0 heterocycles. The van der Waals surface area contributed by atoms with Gasteiger partial charge in [-0.15, -0.1) is 0 Å². The van der Waals surface area contributed by atoms with E-state index in [4.69, 9.17) is 9.47 Å². The minimum atomic E-state index is -0.276. The predicted octanol–water partition coefficient (Wildman–Crippen LogP) is 6.58. The lowest BCUT2D eigenvalue weighted by molar-refractivity contribution is -0.110. The van der Waals surface area contributed by atoms with Gasteiger partial charge in [0, 0.05) is 20.2 Å². The summed E-state index contributed by atoms with van der Waals surface area (Å²) < 4.78 is 22.9. The molecule has 1 aromatic rings. The maximum absolute atomic E-state index is 12.6. The fourth-order valence-corrected chi connectivity index (χ4v) is 3.59. The maximum Gasteiger partial charge on any atom is 0.207 e. The van der Waals surface area contributed by atoms with Crippen molar-refractivity contribution in [1.82, 2.24) is 5.32 Å². The van der Waals surface area contributed by atoms with E-state index in [1.165, 1.54) is 43.4 Å². The second kappa shape index (κ2) is 19.4. The number of carbonyl (C=O) groups is 1. The van der Waals surface area contributed by atoms with Crippen molar-refractivity contribution in [1.29, 1.82) is 0 Å². The summed E-state index contributed by atoms with van der Waals surface area (Å²) in [7, 11) is 5.05. The Bertz CT molecular complexity index is 837. The topological polar surface area (TPSA) is 72.0 Å². The van der Waals surface area contributed by atoms with Crippen LogP contribution in [0, 0.1) is 11.7 Å². The molecule has 0 saturated heterocycles. The van der Waals surface area contributed by atoms with Crippen LogP contribution >= 0.6 is 0 Å². The van der Waals surface area contributed by atoms with Gasteiger partial charge in [0.2, 0.25) is 6.41 Å². The molecule has 3 unspecified atom stereocenters. The molecule has 3 rings (SSSR count). The van der Waals surface area contributed by atoms with Gasteiger partial charge in [-0.3, -0.25) is 9.79 Å². The molecule has 2 N–H and O–H groups in total. The highest BCUT2D eigenvalue weighted by Gasteiger charge is 2.17. The van der Waals surface area contributed by atoms with Gasteiger partial charge in [-0.2, -0.15) is 0 Å². The number of benzene rings is 1. The van der Waals surface area contributed by atoms with E-state index in [1.54, 1.807) is 27.3 Å². The summed E-state index contributed by atoms with van der Waals surface area (Å²) in [6, 6.07) is 4.77. The maximum atomic E-state index is 12.6. The summed E-state index contributed by atoms with van der Waals surface area (Å²) in [4.78, 5) is 13.8. The number of hydrogen-bond acceptors (Lipinski definition) is 5. The van der Waals surface area contributed by atoms with E-state index in [0.29, 0.717) is 17.4 Å². The number of allylic oxidation sites excluding steroid dienone is 3. The Morgan fingerprint density at radius 2 is 1.94 bits per heavy atom. The van der Waals surface area contributed by atoms with Crippen molar-refractivity contribution in [2.24, 2.45) is 10.9 Å². The minimum absolute atomic E-state index is 0.0219. The smallest absolute Gasteiger partial charge is 0.207 e. The molecule has 0 spiro atoms. The van der Waals surface area contributed by atoms with Crippen molar-refractivity contribution >= 4 is 24.5 Å². The average molecular weight is 490 g/mol. The van der Waals surface area contributed by atoms with E-state index in [1.807, 2.05) is 45.1 Å². The first-order valence-corrected chi connectivity index (χ1v) is 12.2. The number of amides is 1. The zero-order chi connectivity index (χ0) is 26.6. The Morgan fingerprint density at radius 1 is 1.23 bits per heavy atom. The number of nitrogens with zero attached hydrogens (tertiary/aromatic N) is 1. The standard InChI is InChI=1S/C10H14O2.C8H9FN2.C8H15NO.C2H6/c1-8-4-5-9(11-2)7-10(6-8)12-3;1-10-7-4-3-6(9)5-8(7)11-2;1-7-3-2-4-8(5-7)9-6-10;1-2/h4-7,9H,1-3H3;3-5,11H,1H2,2H3;6-8H,2-5H2,1H3,(H,9,10);1-2H3. The highest BCUT2D eigenvalue weighted by molar-refractivity contribution is 5.67. The van der Waals surface area contributed by atoms with Crippen molar-refractivity contribution in [2.75, 3.05) is 26.6 Å². The van der Waals surface area contributed by atoms with Crippen LogP contribution in [0.1, 0.15) is 53.4 Å². The van der Waals surface area contributed by atoms with Crippen molar-refractivity contribution in [2.45, 2.75) is 65.5 Å². The lowest BCUT2D eigenvalue weighted by Crippen LogP contribution is -2.32. The van der Waals surface area contributed by atoms with Gasteiger partial charge < -0.3 is 20.1 Å². The first-order chi connectivity index (χ1) is 16.9. The molecule has 2 aliphatic rings. The molecular weight excluding hydrogens is 445 g/mol. The number of halogens is 1. The molecule has 0 radical (unpaired) electrons. The zero-order valence-electron chi connectivity index (χ0n) is 22.4.